The van der Waals surface area contributed by atoms with E-state index >= 15 is 0 Å². The first-order valence-corrected chi connectivity index (χ1v) is 6.89. The minimum absolute atomic E-state index is 0.676. The highest BCUT2D eigenvalue weighted by Gasteiger charge is 2.29. The molecule has 1 heterocycles. The number of benzene rings is 1. The molecule has 1 aromatic carbocycles. The van der Waals surface area contributed by atoms with Gasteiger partial charge in [-0.3, -0.25) is 0 Å². The average molecular weight is 231 g/mol. The number of aryl methyl sites for hydroxylation is 1. The Hall–Kier alpha value is -0.820. The second-order valence-corrected chi connectivity index (χ2v) is 5.87. The largest absolute Gasteiger partial charge is 0.313 e. The molecule has 1 heteroatoms. The third-order valence-corrected chi connectivity index (χ3v) is 4.12. The molecule has 0 bridgehead atoms. The fraction of sp³-hybridized carbons (Fsp3) is 0.625. The van der Waals surface area contributed by atoms with E-state index in [4.69, 9.17) is 0 Å². The van der Waals surface area contributed by atoms with Crippen LogP contribution >= 0.6 is 0 Å². The van der Waals surface area contributed by atoms with Gasteiger partial charge >= 0.3 is 0 Å². The van der Waals surface area contributed by atoms with E-state index in [1.807, 2.05) is 0 Å². The van der Waals surface area contributed by atoms with Gasteiger partial charge in [0.15, 0.2) is 0 Å². The van der Waals surface area contributed by atoms with E-state index in [-0.39, 0.29) is 0 Å². The average Bonchev–Trinajstić information content (AvgIpc) is 2.69. The van der Waals surface area contributed by atoms with Crippen LogP contribution in [0.2, 0.25) is 0 Å². The minimum atomic E-state index is 0.676. The van der Waals surface area contributed by atoms with E-state index in [1.54, 1.807) is 5.56 Å². The maximum atomic E-state index is 3.68. The highest BCUT2D eigenvalue weighted by atomic mass is 14.9. The van der Waals surface area contributed by atoms with Crippen molar-refractivity contribution < 1.29 is 0 Å². The summed E-state index contributed by atoms with van der Waals surface area (Å²) < 4.78 is 0. The monoisotopic (exact) mass is 231 g/mol. The van der Waals surface area contributed by atoms with Crippen molar-refractivity contribution in [1.82, 2.24) is 5.32 Å². The van der Waals surface area contributed by atoms with Gasteiger partial charge in [0.1, 0.15) is 0 Å². The molecule has 1 aliphatic rings. The number of rotatable bonds is 3. The third-order valence-electron chi connectivity index (χ3n) is 4.12. The first kappa shape index (κ1) is 12.6. The van der Waals surface area contributed by atoms with Gasteiger partial charge in [-0.15, -0.1) is 0 Å². The lowest BCUT2D eigenvalue weighted by molar-refractivity contribution is 0.433. The van der Waals surface area contributed by atoms with Crippen LogP contribution in [0, 0.1) is 19.8 Å². The van der Waals surface area contributed by atoms with Gasteiger partial charge in [-0.05, 0) is 55.8 Å². The van der Waals surface area contributed by atoms with Gasteiger partial charge in [-0.2, -0.15) is 0 Å². The Kier molecular flexibility index (Phi) is 3.88. The molecule has 1 fully saturated rings. The highest BCUT2D eigenvalue weighted by molar-refractivity contribution is 5.37. The summed E-state index contributed by atoms with van der Waals surface area (Å²) in [7, 11) is 0. The Balaban J connectivity index is 2.23. The summed E-state index contributed by atoms with van der Waals surface area (Å²) in [5.41, 5.74) is 4.49. The van der Waals surface area contributed by atoms with E-state index in [0.717, 1.165) is 11.8 Å². The Morgan fingerprint density at radius 3 is 2.76 bits per heavy atom. The molecule has 0 aliphatic carbocycles. The molecule has 1 saturated heterocycles. The normalized spacial score (nSPS) is 24.5. The maximum Gasteiger partial charge on any atom is 0.0139 e. The lowest BCUT2D eigenvalue weighted by atomic mass is 9.84. The fourth-order valence-corrected chi connectivity index (χ4v) is 3.07. The molecule has 1 aliphatic heterocycles. The molecule has 0 saturated carbocycles. The zero-order valence-corrected chi connectivity index (χ0v) is 11.6. The van der Waals surface area contributed by atoms with Gasteiger partial charge in [0.05, 0.1) is 0 Å². The predicted octanol–water partition coefficient (Wildman–Crippen LogP) is 3.80. The van der Waals surface area contributed by atoms with Crippen LogP contribution in [-0.2, 0) is 0 Å². The molecule has 1 nitrogen and oxygen atoms in total. The molecule has 94 valence electrons. The third kappa shape index (κ3) is 2.71. The van der Waals surface area contributed by atoms with E-state index in [2.05, 4.69) is 51.2 Å². The van der Waals surface area contributed by atoms with Crippen molar-refractivity contribution in [2.24, 2.45) is 5.92 Å². The Labute approximate surface area is 106 Å². The Morgan fingerprint density at radius 1 is 1.29 bits per heavy atom. The zero-order valence-electron chi connectivity index (χ0n) is 11.6. The first-order chi connectivity index (χ1) is 8.09. The van der Waals surface area contributed by atoms with E-state index in [1.165, 1.54) is 30.5 Å². The van der Waals surface area contributed by atoms with Crippen LogP contribution in [0.15, 0.2) is 18.2 Å². The standard InChI is InChI=1S/C16H25N/c1-11(2)10-16-15(8-9-17-16)14-7-5-6-12(3)13(14)4/h5-7,11,15-17H,8-10H2,1-4H3. The molecule has 17 heavy (non-hydrogen) atoms. The van der Waals surface area contributed by atoms with Crippen LogP contribution in [0.3, 0.4) is 0 Å². The summed E-state index contributed by atoms with van der Waals surface area (Å²) >= 11 is 0. The molecule has 1 N–H and O–H groups in total. The summed E-state index contributed by atoms with van der Waals surface area (Å²) in [5, 5.41) is 3.68. The fourth-order valence-electron chi connectivity index (χ4n) is 3.07. The summed E-state index contributed by atoms with van der Waals surface area (Å²) in [6, 6.07) is 7.43. The van der Waals surface area contributed by atoms with Crippen molar-refractivity contribution in [2.75, 3.05) is 6.54 Å². The van der Waals surface area contributed by atoms with E-state index < -0.39 is 0 Å². The van der Waals surface area contributed by atoms with Crippen molar-refractivity contribution >= 4 is 0 Å². The van der Waals surface area contributed by atoms with Crippen molar-refractivity contribution in [1.29, 1.82) is 0 Å². The van der Waals surface area contributed by atoms with Gasteiger partial charge < -0.3 is 5.32 Å². The van der Waals surface area contributed by atoms with Crippen LogP contribution in [0.4, 0.5) is 0 Å². The topological polar surface area (TPSA) is 12.0 Å². The van der Waals surface area contributed by atoms with E-state index in [0.29, 0.717) is 6.04 Å². The molecule has 0 aromatic heterocycles. The number of hydrogen-bond acceptors (Lipinski definition) is 1. The first-order valence-electron chi connectivity index (χ1n) is 6.89. The lowest BCUT2D eigenvalue weighted by Crippen LogP contribution is -2.27. The predicted molar refractivity (Wildman–Crippen MR) is 74.5 cm³/mol. The number of nitrogens with one attached hydrogen (secondary N) is 1. The van der Waals surface area contributed by atoms with Crippen molar-refractivity contribution in [3.8, 4) is 0 Å². The van der Waals surface area contributed by atoms with Gasteiger partial charge in [-0.25, -0.2) is 0 Å². The maximum absolute atomic E-state index is 3.68. The van der Waals surface area contributed by atoms with Gasteiger partial charge in [-0.1, -0.05) is 32.0 Å². The minimum Gasteiger partial charge on any atom is -0.313 e. The number of hydrogen-bond donors (Lipinski definition) is 1. The molecular weight excluding hydrogens is 206 g/mol. The summed E-state index contributed by atoms with van der Waals surface area (Å²) in [6.07, 6.45) is 2.58. The zero-order chi connectivity index (χ0) is 12.4. The van der Waals surface area contributed by atoms with Crippen molar-refractivity contribution in [3.05, 3.63) is 34.9 Å². The second-order valence-electron chi connectivity index (χ2n) is 5.87. The van der Waals surface area contributed by atoms with Crippen LogP contribution < -0.4 is 5.32 Å². The van der Waals surface area contributed by atoms with Gasteiger partial charge in [0.25, 0.3) is 0 Å². The van der Waals surface area contributed by atoms with Gasteiger partial charge in [0.2, 0.25) is 0 Å². The molecule has 0 radical (unpaired) electrons. The SMILES string of the molecule is Cc1cccc(C2CCNC2CC(C)C)c1C. The Bertz CT molecular complexity index is 381. The molecule has 0 amide bonds. The molecule has 1 aromatic rings. The van der Waals surface area contributed by atoms with Crippen molar-refractivity contribution in [3.63, 3.8) is 0 Å². The summed E-state index contributed by atoms with van der Waals surface area (Å²) in [5.74, 6) is 1.50. The van der Waals surface area contributed by atoms with Crippen LogP contribution in [0.5, 0.6) is 0 Å². The molecule has 2 rings (SSSR count). The second kappa shape index (κ2) is 5.22. The molecule has 2 unspecified atom stereocenters. The van der Waals surface area contributed by atoms with Gasteiger partial charge in [0, 0.05) is 12.0 Å². The Morgan fingerprint density at radius 2 is 2.06 bits per heavy atom. The van der Waals surface area contributed by atoms with Crippen LogP contribution in [0.25, 0.3) is 0 Å². The lowest BCUT2D eigenvalue weighted by Gasteiger charge is -2.23. The molecular formula is C16H25N. The molecule has 2 atom stereocenters. The summed E-state index contributed by atoms with van der Waals surface area (Å²) in [6.45, 7) is 10.3. The van der Waals surface area contributed by atoms with Crippen molar-refractivity contribution in [2.45, 2.75) is 52.5 Å². The van der Waals surface area contributed by atoms with Crippen LogP contribution in [0.1, 0.15) is 49.3 Å². The quantitative estimate of drug-likeness (QED) is 0.834. The smallest absolute Gasteiger partial charge is 0.0139 e. The van der Waals surface area contributed by atoms with E-state index in [9.17, 15) is 0 Å². The highest BCUT2D eigenvalue weighted by Crippen LogP contribution is 2.33. The molecule has 0 spiro atoms. The summed E-state index contributed by atoms with van der Waals surface area (Å²) in [4.78, 5) is 0. The van der Waals surface area contributed by atoms with Crippen LogP contribution in [-0.4, -0.2) is 12.6 Å².